The smallest absolute Gasteiger partial charge is 0.160 e. The lowest BCUT2D eigenvalue weighted by Crippen LogP contribution is -2.04. The topological polar surface area (TPSA) is 118 Å². The van der Waals surface area contributed by atoms with Gasteiger partial charge in [-0.3, -0.25) is 0 Å². The van der Waals surface area contributed by atoms with Gasteiger partial charge in [0, 0.05) is 37.9 Å². The van der Waals surface area contributed by atoms with Crippen molar-refractivity contribution in [3.05, 3.63) is 156 Å². The highest BCUT2D eigenvalue weighted by Crippen LogP contribution is 2.42. The Balaban J connectivity index is 1.24. The average molecular weight is 675 g/mol. The molecule has 0 fully saturated rings. The van der Waals surface area contributed by atoms with E-state index in [1.165, 1.54) is 0 Å². The molecule has 242 valence electrons. The molecule has 0 aliphatic heterocycles. The standard InChI is InChI=1S/C46H22N6O/c47-23-28-21-27(17-20-38(28)52-41-15-7-3-11-32(41)34-18-19-35-33-12-4-8-16-43(33)53-46(35)45(34)52)44-29(24-48)22-42(36(25-49)37(44)26-50)51-39-13-5-1-9-30(39)31-10-2-6-14-40(31)51/h1-22H. The maximum atomic E-state index is 10.7. The summed E-state index contributed by atoms with van der Waals surface area (Å²) in [5, 5.41) is 48.6. The molecule has 53 heavy (non-hydrogen) atoms. The van der Waals surface area contributed by atoms with E-state index in [9.17, 15) is 21.0 Å². The summed E-state index contributed by atoms with van der Waals surface area (Å²) >= 11 is 0. The average Bonchev–Trinajstić information content (AvgIpc) is 3.87. The van der Waals surface area contributed by atoms with Crippen LogP contribution in [0.4, 0.5) is 0 Å². The molecule has 0 saturated carbocycles. The molecular formula is C46H22N6O. The summed E-state index contributed by atoms with van der Waals surface area (Å²) in [6, 6.07) is 52.2. The van der Waals surface area contributed by atoms with Gasteiger partial charge in [0.05, 0.1) is 61.8 Å². The van der Waals surface area contributed by atoms with Crippen LogP contribution in [0.5, 0.6) is 0 Å². The maximum absolute atomic E-state index is 10.7. The third kappa shape index (κ3) is 4.05. The van der Waals surface area contributed by atoms with Crippen LogP contribution in [0.1, 0.15) is 22.3 Å². The highest BCUT2D eigenvalue weighted by molar-refractivity contribution is 6.21. The molecular weight excluding hydrogens is 653 g/mol. The Labute approximate surface area is 301 Å². The fourth-order valence-corrected chi connectivity index (χ4v) is 8.10. The summed E-state index contributed by atoms with van der Waals surface area (Å²) < 4.78 is 10.5. The van der Waals surface area contributed by atoms with Crippen LogP contribution in [0.15, 0.2) is 138 Å². The van der Waals surface area contributed by atoms with Crippen LogP contribution in [0, 0.1) is 45.3 Å². The van der Waals surface area contributed by atoms with Crippen LogP contribution in [-0.4, -0.2) is 9.13 Å². The first-order valence-corrected chi connectivity index (χ1v) is 16.9. The zero-order valence-corrected chi connectivity index (χ0v) is 27.8. The molecule has 0 spiro atoms. The number of hydrogen-bond donors (Lipinski definition) is 0. The van der Waals surface area contributed by atoms with Crippen molar-refractivity contribution in [1.82, 2.24) is 9.13 Å². The minimum Gasteiger partial charge on any atom is -0.454 e. The van der Waals surface area contributed by atoms with E-state index in [1.807, 2.05) is 108 Å². The van der Waals surface area contributed by atoms with Crippen LogP contribution < -0.4 is 0 Å². The van der Waals surface area contributed by atoms with E-state index in [0.29, 0.717) is 33.6 Å². The van der Waals surface area contributed by atoms with Gasteiger partial charge in [0.15, 0.2) is 5.58 Å². The number of nitrogens with zero attached hydrogens (tertiary/aromatic N) is 6. The number of fused-ring (bicyclic) bond motifs is 10. The van der Waals surface area contributed by atoms with Crippen molar-refractivity contribution in [3.8, 4) is 46.8 Å². The highest BCUT2D eigenvalue weighted by atomic mass is 16.3. The Kier molecular flexibility index (Phi) is 6.30. The number of rotatable bonds is 3. The van der Waals surface area contributed by atoms with Gasteiger partial charge < -0.3 is 13.6 Å². The molecule has 0 atom stereocenters. The third-order valence-electron chi connectivity index (χ3n) is 10.3. The molecule has 0 unspecified atom stereocenters. The monoisotopic (exact) mass is 674 g/mol. The lowest BCUT2D eigenvalue weighted by Gasteiger charge is -2.17. The summed E-state index contributed by atoms with van der Waals surface area (Å²) in [5.74, 6) is 0. The van der Waals surface area contributed by atoms with Crippen molar-refractivity contribution >= 4 is 65.6 Å². The van der Waals surface area contributed by atoms with E-state index < -0.39 is 0 Å². The van der Waals surface area contributed by atoms with Gasteiger partial charge in [0.1, 0.15) is 23.8 Å². The molecule has 3 heterocycles. The summed E-state index contributed by atoms with van der Waals surface area (Å²) in [5.41, 5.74) is 7.54. The summed E-state index contributed by atoms with van der Waals surface area (Å²) in [6.45, 7) is 0. The largest absolute Gasteiger partial charge is 0.454 e. The number of furan rings is 1. The molecule has 7 heteroatoms. The van der Waals surface area contributed by atoms with Crippen molar-refractivity contribution in [1.29, 1.82) is 21.0 Å². The number of aromatic nitrogens is 2. The van der Waals surface area contributed by atoms with Crippen LogP contribution >= 0.6 is 0 Å². The molecule has 7 nitrogen and oxygen atoms in total. The minimum absolute atomic E-state index is 0.0703. The third-order valence-corrected chi connectivity index (χ3v) is 10.3. The van der Waals surface area contributed by atoms with Gasteiger partial charge in [-0.15, -0.1) is 0 Å². The zero-order chi connectivity index (χ0) is 35.8. The van der Waals surface area contributed by atoms with Crippen LogP contribution in [0.25, 0.3) is 88.1 Å². The number of benzene rings is 7. The predicted molar refractivity (Wildman–Crippen MR) is 207 cm³/mol. The molecule has 0 radical (unpaired) electrons. The van der Waals surface area contributed by atoms with Gasteiger partial charge in [0.2, 0.25) is 0 Å². The SMILES string of the molecule is N#Cc1cc(-c2c(C#N)cc(-n3c4ccccc4c4ccccc43)c(C#N)c2C#N)ccc1-n1c2ccccc2c2ccc3c4ccccc4oc3c21. The van der Waals surface area contributed by atoms with E-state index in [-0.39, 0.29) is 16.7 Å². The Morgan fingerprint density at radius 1 is 0.434 bits per heavy atom. The Morgan fingerprint density at radius 2 is 1.00 bits per heavy atom. The first-order chi connectivity index (χ1) is 26.1. The fraction of sp³-hybridized carbons (Fsp3) is 0. The zero-order valence-electron chi connectivity index (χ0n) is 27.8. The Bertz CT molecular complexity index is 3350. The molecule has 0 N–H and O–H groups in total. The molecule has 0 saturated heterocycles. The van der Waals surface area contributed by atoms with Crippen molar-refractivity contribution in [3.63, 3.8) is 0 Å². The van der Waals surface area contributed by atoms with Crippen LogP contribution in [-0.2, 0) is 0 Å². The van der Waals surface area contributed by atoms with Crippen molar-refractivity contribution in [2.45, 2.75) is 0 Å². The molecule has 0 aliphatic rings. The van der Waals surface area contributed by atoms with Gasteiger partial charge in [-0.1, -0.05) is 84.9 Å². The normalized spacial score (nSPS) is 11.3. The molecule has 10 aromatic rings. The molecule has 0 amide bonds. The van der Waals surface area contributed by atoms with E-state index in [0.717, 1.165) is 60.0 Å². The molecule has 3 aromatic heterocycles. The first-order valence-electron chi connectivity index (χ1n) is 16.9. The predicted octanol–water partition coefficient (Wildman–Crippen LogP) is 10.9. The maximum Gasteiger partial charge on any atom is 0.160 e. The second-order valence-corrected chi connectivity index (χ2v) is 12.9. The van der Waals surface area contributed by atoms with Gasteiger partial charge >= 0.3 is 0 Å². The second-order valence-electron chi connectivity index (χ2n) is 12.9. The minimum atomic E-state index is 0.0703. The lowest BCUT2D eigenvalue weighted by atomic mass is 9.89. The number of nitriles is 4. The Hall–Kier alpha value is -8.10. The molecule has 10 rings (SSSR count). The molecule has 0 aliphatic carbocycles. The fourth-order valence-electron chi connectivity index (χ4n) is 8.10. The van der Waals surface area contributed by atoms with E-state index in [4.69, 9.17) is 4.42 Å². The molecule has 0 bridgehead atoms. The summed E-state index contributed by atoms with van der Waals surface area (Å²) in [6.07, 6.45) is 0. The quantitative estimate of drug-likeness (QED) is 0.185. The van der Waals surface area contributed by atoms with Crippen molar-refractivity contribution < 1.29 is 4.42 Å². The lowest BCUT2D eigenvalue weighted by molar-refractivity contribution is 0.671. The summed E-state index contributed by atoms with van der Waals surface area (Å²) in [7, 11) is 0. The highest BCUT2D eigenvalue weighted by Gasteiger charge is 2.25. The van der Waals surface area contributed by atoms with Gasteiger partial charge in [-0.25, -0.2) is 0 Å². The second kappa shape index (κ2) is 11.2. The number of hydrogen-bond acceptors (Lipinski definition) is 5. The van der Waals surface area contributed by atoms with Crippen molar-refractivity contribution in [2.24, 2.45) is 0 Å². The van der Waals surface area contributed by atoms with E-state index >= 15 is 0 Å². The van der Waals surface area contributed by atoms with E-state index in [1.54, 1.807) is 12.1 Å². The van der Waals surface area contributed by atoms with E-state index in [2.05, 4.69) is 47.0 Å². The van der Waals surface area contributed by atoms with Gasteiger partial charge in [-0.05, 0) is 54.1 Å². The van der Waals surface area contributed by atoms with Crippen LogP contribution in [0.3, 0.4) is 0 Å². The first kappa shape index (κ1) is 29.8. The summed E-state index contributed by atoms with van der Waals surface area (Å²) in [4.78, 5) is 0. The van der Waals surface area contributed by atoms with Gasteiger partial charge in [-0.2, -0.15) is 21.0 Å². The van der Waals surface area contributed by atoms with Gasteiger partial charge in [0.25, 0.3) is 0 Å². The molecule has 7 aromatic carbocycles. The number of para-hydroxylation sites is 4. The Morgan fingerprint density at radius 3 is 1.64 bits per heavy atom. The van der Waals surface area contributed by atoms with Crippen LogP contribution in [0.2, 0.25) is 0 Å². The van der Waals surface area contributed by atoms with Crippen molar-refractivity contribution in [2.75, 3.05) is 0 Å².